The fourth-order valence-corrected chi connectivity index (χ4v) is 3.86. The fraction of sp³-hybridized carbons (Fsp3) is 0.455. The van der Waals surface area contributed by atoms with E-state index in [9.17, 15) is 14.3 Å². The number of aliphatic hydroxyl groups excluding tert-OH is 1. The maximum Gasteiger partial charge on any atom is 0.270 e. The highest BCUT2D eigenvalue weighted by Crippen LogP contribution is 2.40. The third-order valence-electron chi connectivity index (χ3n) is 5.69. The first-order valence-electron chi connectivity index (χ1n) is 10.1. The summed E-state index contributed by atoms with van der Waals surface area (Å²) in [7, 11) is 1.55. The normalized spacial score (nSPS) is 20.0. The van der Waals surface area contributed by atoms with E-state index in [0.717, 1.165) is 24.1 Å². The summed E-state index contributed by atoms with van der Waals surface area (Å²) < 4.78 is 24.5. The van der Waals surface area contributed by atoms with Gasteiger partial charge in [-0.1, -0.05) is 0 Å². The van der Waals surface area contributed by atoms with Crippen molar-refractivity contribution < 1.29 is 23.8 Å². The van der Waals surface area contributed by atoms with Crippen LogP contribution in [0.2, 0.25) is 0 Å². The van der Waals surface area contributed by atoms with E-state index in [1.165, 1.54) is 12.1 Å². The number of hydrogen-bond donors (Lipinski definition) is 2. The van der Waals surface area contributed by atoms with Crippen LogP contribution in [0.1, 0.15) is 28.9 Å². The molecule has 0 unspecified atom stereocenters. The first kappa shape index (κ1) is 20.6. The van der Waals surface area contributed by atoms with Crippen molar-refractivity contribution in [1.29, 1.82) is 0 Å². The van der Waals surface area contributed by atoms with Gasteiger partial charge in [0.1, 0.15) is 17.3 Å². The minimum atomic E-state index is -0.406. The zero-order chi connectivity index (χ0) is 21.1. The van der Waals surface area contributed by atoms with Crippen molar-refractivity contribution in [2.24, 2.45) is 0 Å². The Labute approximate surface area is 174 Å². The second-order valence-corrected chi connectivity index (χ2v) is 7.89. The Hall–Kier alpha value is -2.71. The molecule has 2 fully saturated rings. The van der Waals surface area contributed by atoms with Gasteiger partial charge in [0.2, 0.25) is 0 Å². The molecule has 30 heavy (non-hydrogen) atoms. The number of hydrogen-bond acceptors (Lipinski definition) is 6. The van der Waals surface area contributed by atoms with E-state index in [4.69, 9.17) is 9.47 Å². The summed E-state index contributed by atoms with van der Waals surface area (Å²) in [5.41, 5.74) is 1.53. The topological polar surface area (TPSA) is 83.9 Å². The second kappa shape index (κ2) is 8.57. The highest BCUT2D eigenvalue weighted by molar-refractivity contribution is 5.94. The van der Waals surface area contributed by atoms with Gasteiger partial charge in [-0.3, -0.25) is 9.78 Å². The Morgan fingerprint density at radius 2 is 2.23 bits per heavy atom. The number of aliphatic hydroxyl groups is 1. The molecule has 7 nitrogen and oxygen atoms in total. The van der Waals surface area contributed by atoms with Gasteiger partial charge in [-0.05, 0) is 55.2 Å². The predicted molar refractivity (Wildman–Crippen MR) is 109 cm³/mol. The predicted octanol–water partition coefficient (Wildman–Crippen LogP) is 1.93. The summed E-state index contributed by atoms with van der Waals surface area (Å²) >= 11 is 0. The molecule has 1 aliphatic carbocycles. The minimum absolute atomic E-state index is 0.0407. The van der Waals surface area contributed by atoms with Gasteiger partial charge in [0, 0.05) is 30.5 Å². The number of aromatic nitrogens is 1. The van der Waals surface area contributed by atoms with E-state index in [1.807, 2.05) is 6.07 Å². The maximum absolute atomic E-state index is 13.7. The molecule has 2 aliphatic rings. The number of carbonyl (C=O) groups is 1. The fourth-order valence-electron chi connectivity index (χ4n) is 3.86. The molecule has 1 aliphatic heterocycles. The number of nitrogens with one attached hydrogen (secondary N) is 1. The molecule has 4 rings (SSSR count). The van der Waals surface area contributed by atoms with E-state index in [2.05, 4.69) is 15.2 Å². The van der Waals surface area contributed by atoms with Crippen molar-refractivity contribution in [3.63, 3.8) is 0 Å². The van der Waals surface area contributed by atoms with Gasteiger partial charge in [0.25, 0.3) is 5.91 Å². The molecule has 1 aromatic carbocycles. The van der Waals surface area contributed by atoms with E-state index >= 15 is 0 Å². The Morgan fingerprint density at radius 3 is 2.97 bits per heavy atom. The van der Waals surface area contributed by atoms with Gasteiger partial charge in [0.15, 0.2) is 0 Å². The molecule has 1 atom stereocenters. The van der Waals surface area contributed by atoms with Crippen LogP contribution in [0.4, 0.5) is 10.1 Å². The number of methoxy groups -OCH3 is 1. The van der Waals surface area contributed by atoms with Crippen LogP contribution in [0.3, 0.4) is 0 Å². The number of carbonyl (C=O) groups excluding carboxylic acids is 1. The molecule has 2 N–H and O–H groups in total. The number of halogens is 1. The largest absolute Gasteiger partial charge is 0.496 e. The van der Waals surface area contributed by atoms with Crippen LogP contribution >= 0.6 is 0 Å². The molecule has 0 bridgehead atoms. The lowest BCUT2D eigenvalue weighted by Crippen LogP contribution is -2.44. The maximum atomic E-state index is 13.7. The van der Waals surface area contributed by atoms with Crippen molar-refractivity contribution in [2.45, 2.75) is 30.9 Å². The Balaban J connectivity index is 1.46. The van der Waals surface area contributed by atoms with Crippen LogP contribution < -0.4 is 15.0 Å². The average molecular weight is 415 g/mol. The van der Waals surface area contributed by atoms with Gasteiger partial charge in [0.05, 0.1) is 26.4 Å². The van der Waals surface area contributed by atoms with Crippen molar-refractivity contribution in [2.75, 3.05) is 38.3 Å². The molecule has 1 saturated heterocycles. The van der Waals surface area contributed by atoms with Gasteiger partial charge in [-0.25, -0.2) is 4.39 Å². The number of anilines is 1. The molecule has 2 heterocycles. The van der Waals surface area contributed by atoms with Crippen molar-refractivity contribution in [3.8, 4) is 5.75 Å². The minimum Gasteiger partial charge on any atom is -0.496 e. The summed E-state index contributed by atoms with van der Waals surface area (Å²) in [5, 5.41) is 12.4. The molecule has 1 amide bonds. The summed E-state index contributed by atoms with van der Waals surface area (Å²) in [4.78, 5) is 19.2. The van der Waals surface area contributed by atoms with E-state index in [0.29, 0.717) is 37.6 Å². The van der Waals surface area contributed by atoms with Gasteiger partial charge in [-0.2, -0.15) is 0 Å². The van der Waals surface area contributed by atoms with E-state index < -0.39 is 5.54 Å². The summed E-state index contributed by atoms with van der Waals surface area (Å²) in [5.74, 6) is 0.0356. The average Bonchev–Trinajstić information content (AvgIpc) is 3.52. The van der Waals surface area contributed by atoms with Crippen molar-refractivity contribution in [1.82, 2.24) is 10.3 Å². The highest BCUT2D eigenvalue weighted by atomic mass is 19.1. The van der Waals surface area contributed by atoms with Crippen molar-refractivity contribution in [3.05, 3.63) is 53.6 Å². The van der Waals surface area contributed by atoms with Crippen LogP contribution in [0.15, 0.2) is 36.5 Å². The third-order valence-corrected chi connectivity index (χ3v) is 5.69. The SMILES string of the molecule is COc1ccc(F)cc1CC1(NC(=O)c2cc(N3CCO[C@H](CO)C3)ccn2)CC1. The van der Waals surface area contributed by atoms with Crippen LogP contribution in [0.5, 0.6) is 5.75 Å². The first-order valence-corrected chi connectivity index (χ1v) is 10.1. The van der Waals surface area contributed by atoms with Crippen LogP contribution in [0, 0.1) is 5.82 Å². The lowest BCUT2D eigenvalue weighted by Gasteiger charge is -2.33. The van der Waals surface area contributed by atoms with Gasteiger partial charge in [-0.15, -0.1) is 0 Å². The summed E-state index contributed by atoms with van der Waals surface area (Å²) in [6.45, 7) is 1.73. The molecule has 160 valence electrons. The highest BCUT2D eigenvalue weighted by Gasteiger charge is 2.45. The number of rotatable bonds is 7. The number of ether oxygens (including phenoxy) is 2. The van der Waals surface area contributed by atoms with Crippen LogP contribution in [-0.4, -0.2) is 61.1 Å². The van der Waals surface area contributed by atoms with E-state index in [-0.39, 0.29) is 24.4 Å². The molecule has 0 radical (unpaired) electrons. The Bertz CT molecular complexity index is 919. The van der Waals surface area contributed by atoms with Crippen molar-refractivity contribution >= 4 is 11.6 Å². The molecule has 8 heteroatoms. The molecular formula is C22H26FN3O4. The molecule has 2 aromatic rings. The third kappa shape index (κ3) is 4.55. The molecule has 1 aromatic heterocycles. The van der Waals surface area contributed by atoms with Crippen LogP contribution in [0.25, 0.3) is 0 Å². The van der Waals surface area contributed by atoms with E-state index in [1.54, 1.807) is 25.4 Å². The summed E-state index contributed by atoms with van der Waals surface area (Å²) in [6, 6.07) is 8.04. The first-order chi connectivity index (χ1) is 14.5. The number of amides is 1. The lowest BCUT2D eigenvalue weighted by atomic mass is 10.0. The zero-order valence-electron chi connectivity index (χ0n) is 16.9. The lowest BCUT2D eigenvalue weighted by molar-refractivity contribution is 0.00356. The standard InChI is InChI=1S/C22H26FN3O4/c1-29-20-3-2-16(23)10-15(20)12-22(5-6-22)25-21(28)19-11-17(4-7-24-19)26-8-9-30-18(13-26)14-27/h2-4,7,10-11,18,27H,5-6,8-9,12-14H2,1H3,(H,25,28)/t18-/m0/s1. The molecule has 0 spiro atoms. The van der Waals surface area contributed by atoms with Gasteiger partial charge >= 0.3 is 0 Å². The number of pyridine rings is 1. The quantitative estimate of drug-likeness (QED) is 0.719. The monoisotopic (exact) mass is 415 g/mol. The molecule has 1 saturated carbocycles. The Kier molecular flexibility index (Phi) is 5.87. The molecular weight excluding hydrogens is 389 g/mol. The van der Waals surface area contributed by atoms with Gasteiger partial charge < -0.3 is 24.8 Å². The Morgan fingerprint density at radius 1 is 1.40 bits per heavy atom. The second-order valence-electron chi connectivity index (χ2n) is 7.89. The number of morpholine rings is 1. The smallest absolute Gasteiger partial charge is 0.270 e. The summed E-state index contributed by atoms with van der Waals surface area (Å²) in [6.07, 6.45) is 3.52. The number of benzene rings is 1. The number of nitrogens with zero attached hydrogens (tertiary/aromatic N) is 2. The zero-order valence-corrected chi connectivity index (χ0v) is 16.9. The van der Waals surface area contributed by atoms with Crippen LogP contribution in [-0.2, 0) is 11.2 Å².